The number of rotatable bonds is 7. The quantitative estimate of drug-likeness (QED) is 0.764. The molecule has 24 heavy (non-hydrogen) atoms. The van der Waals surface area contributed by atoms with Gasteiger partial charge in [0.25, 0.3) is 0 Å². The highest BCUT2D eigenvalue weighted by molar-refractivity contribution is 7.10. The molecule has 1 unspecified atom stereocenters. The first kappa shape index (κ1) is 17.4. The molecule has 2 N–H and O–H groups in total. The van der Waals surface area contributed by atoms with Gasteiger partial charge in [0, 0.05) is 37.1 Å². The van der Waals surface area contributed by atoms with Crippen LogP contribution in [0.4, 0.5) is 0 Å². The Morgan fingerprint density at radius 3 is 2.33 bits per heavy atom. The SMILES string of the molecule is CC(NC(=O)CN1CCN(CC(=O)NC2CC2)CC1)c1cccs1. The number of piperazine rings is 1. The molecule has 1 atom stereocenters. The first-order valence-electron chi connectivity index (χ1n) is 8.67. The van der Waals surface area contributed by atoms with Crippen LogP contribution in [0.25, 0.3) is 0 Å². The summed E-state index contributed by atoms with van der Waals surface area (Å²) < 4.78 is 0. The highest BCUT2D eigenvalue weighted by Gasteiger charge is 2.25. The van der Waals surface area contributed by atoms with Gasteiger partial charge >= 0.3 is 0 Å². The van der Waals surface area contributed by atoms with Crippen molar-refractivity contribution in [1.29, 1.82) is 0 Å². The van der Waals surface area contributed by atoms with Gasteiger partial charge in [-0.15, -0.1) is 11.3 Å². The molecular weight excluding hydrogens is 324 g/mol. The van der Waals surface area contributed by atoms with E-state index in [1.54, 1.807) is 11.3 Å². The van der Waals surface area contributed by atoms with Crippen LogP contribution >= 0.6 is 11.3 Å². The van der Waals surface area contributed by atoms with E-state index in [0.29, 0.717) is 19.1 Å². The van der Waals surface area contributed by atoms with Crippen molar-refractivity contribution in [3.05, 3.63) is 22.4 Å². The lowest BCUT2D eigenvalue weighted by Gasteiger charge is -2.34. The maximum Gasteiger partial charge on any atom is 0.234 e. The fourth-order valence-electron chi connectivity index (χ4n) is 2.91. The Hall–Kier alpha value is -1.44. The van der Waals surface area contributed by atoms with Crippen molar-refractivity contribution in [2.45, 2.75) is 31.8 Å². The second-order valence-electron chi connectivity index (χ2n) is 6.70. The number of nitrogens with zero attached hydrogens (tertiary/aromatic N) is 2. The van der Waals surface area contributed by atoms with E-state index in [-0.39, 0.29) is 17.9 Å². The monoisotopic (exact) mass is 350 g/mol. The first-order chi connectivity index (χ1) is 11.6. The highest BCUT2D eigenvalue weighted by Crippen LogP contribution is 2.19. The Morgan fingerprint density at radius 2 is 1.79 bits per heavy atom. The Labute approximate surface area is 147 Å². The average molecular weight is 350 g/mol. The van der Waals surface area contributed by atoms with Crippen molar-refractivity contribution in [2.75, 3.05) is 39.3 Å². The molecule has 1 aliphatic heterocycles. The van der Waals surface area contributed by atoms with Crippen LogP contribution in [-0.2, 0) is 9.59 Å². The highest BCUT2D eigenvalue weighted by atomic mass is 32.1. The van der Waals surface area contributed by atoms with E-state index in [2.05, 4.69) is 20.4 Å². The van der Waals surface area contributed by atoms with Crippen LogP contribution in [0.5, 0.6) is 0 Å². The number of carbonyl (C=O) groups is 2. The molecule has 3 rings (SSSR count). The van der Waals surface area contributed by atoms with Gasteiger partial charge in [0.1, 0.15) is 0 Å². The van der Waals surface area contributed by atoms with Crippen molar-refractivity contribution >= 4 is 23.2 Å². The fraction of sp³-hybridized carbons (Fsp3) is 0.647. The van der Waals surface area contributed by atoms with Crippen LogP contribution in [-0.4, -0.2) is 66.9 Å². The van der Waals surface area contributed by atoms with Gasteiger partial charge in [-0.05, 0) is 31.2 Å². The smallest absolute Gasteiger partial charge is 0.234 e. The average Bonchev–Trinajstić information content (AvgIpc) is 3.17. The molecule has 2 amide bonds. The molecule has 2 aliphatic rings. The third-order valence-electron chi connectivity index (χ3n) is 4.49. The van der Waals surface area contributed by atoms with Gasteiger partial charge in [-0.3, -0.25) is 19.4 Å². The lowest BCUT2D eigenvalue weighted by molar-refractivity contribution is -0.125. The van der Waals surface area contributed by atoms with Crippen molar-refractivity contribution in [2.24, 2.45) is 0 Å². The molecule has 2 heterocycles. The summed E-state index contributed by atoms with van der Waals surface area (Å²) in [6.07, 6.45) is 2.25. The van der Waals surface area contributed by atoms with Crippen LogP contribution in [0.3, 0.4) is 0 Å². The minimum Gasteiger partial charge on any atom is -0.352 e. The third kappa shape index (κ3) is 5.29. The van der Waals surface area contributed by atoms with Gasteiger partial charge < -0.3 is 10.6 Å². The normalized spacial score (nSPS) is 20.5. The zero-order valence-corrected chi connectivity index (χ0v) is 15.0. The summed E-state index contributed by atoms with van der Waals surface area (Å²) in [5.41, 5.74) is 0. The summed E-state index contributed by atoms with van der Waals surface area (Å²) in [6, 6.07) is 4.53. The minimum atomic E-state index is 0.0601. The summed E-state index contributed by atoms with van der Waals surface area (Å²) in [5, 5.41) is 8.10. The van der Waals surface area contributed by atoms with Crippen molar-refractivity contribution in [3.8, 4) is 0 Å². The summed E-state index contributed by atoms with van der Waals surface area (Å²) in [5.74, 6) is 0.198. The summed E-state index contributed by atoms with van der Waals surface area (Å²) in [4.78, 5) is 29.5. The summed E-state index contributed by atoms with van der Waals surface area (Å²) in [7, 11) is 0. The van der Waals surface area contributed by atoms with Crippen LogP contribution in [0.15, 0.2) is 17.5 Å². The van der Waals surface area contributed by atoms with E-state index < -0.39 is 0 Å². The molecule has 0 aromatic carbocycles. The van der Waals surface area contributed by atoms with Crippen LogP contribution in [0.1, 0.15) is 30.7 Å². The Morgan fingerprint density at radius 1 is 1.17 bits per heavy atom. The standard InChI is InChI=1S/C17H26N4O2S/c1-13(15-3-2-10-24-15)18-16(22)11-20-6-8-21(9-7-20)12-17(23)19-14-4-5-14/h2-3,10,13-14H,4-9,11-12H2,1H3,(H,18,22)(H,19,23). The first-order valence-corrected chi connectivity index (χ1v) is 9.55. The molecule has 0 bridgehead atoms. The van der Waals surface area contributed by atoms with Gasteiger partial charge in [0.15, 0.2) is 0 Å². The summed E-state index contributed by atoms with van der Waals surface area (Å²) >= 11 is 1.66. The Kier molecular flexibility index (Phi) is 5.86. The van der Waals surface area contributed by atoms with Gasteiger partial charge in [0.2, 0.25) is 11.8 Å². The van der Waals surface area contributed by atoms with Crippen LogP contribution < -0.4 is 10.6 Å². The predicted octanol–water partition coefficient (Wildman–Crippen LogP) is 0.822. The predicted molar refractivity (Wildman–Crippen MR) is 94.9 cm³/mol. The lowest BCUT2D eigenvalue weighted by Crippen LogP contribution is -2.51. The van der Waals surface area contributed by atoms with E-state index in [4.69, 9.17) is 0 Å². The van der Waals surface area contributed by atoms with Crippen molar-refractivity contribution in [1.82, 2.24) is 20.4 Å². The number of hydrogen-bond acceptors (Lipinski definition) is 5. The van der Waals surface area contributed by atoms with Crippen LogP contribution in [0.2, 0.25) is 0 Å². The van der Waals surface area contributed by atoms with E-state index in [9.17, 15) is 9.59 Å². The topological polar surface area (TPSA) is 64.7 Å². The largest absolute Gasteiger partial charge is 0.352 e. The Bertz CT molecular complexity index is 551. The maximum absolute atomic E-state index is 12.2. The van der Waals surface area contributed by atoms with E-state index >= 15 is 0 Å². The number of carbonyl (C=O) groups excluding carboxylic acids is 2. The van der Waals surface area contributed by atoms with Gasteiger partial charge in [0.05, 0.1) is 19.1 Å². The molecule has 1 aromatic heterocycles. The molecule has 1 saturated carbocycles. The lowest BCUT2D eigenvalue weighted by atomic mass is 10.2. The van der Waals surface area contributed by atoms with Crippen molar-refractivity contribution in [3.63, 3.8) is 0 Å². The van der Waals surface area contributed by atoms with Gasteiger partial charge in [-0.25, -0.2) is 0 Å². The number of hydrogen-bond donors (Lipinski definition) is 2. The zero-order valence-electron chi connectivity index (χ0n) is 14.2. The molecule has 2 fully saturated rings. The Balaban J connectivity index is 1.34. The minimum absolute atomic E-state index is 0.0601. The molecule has 1 saturated heterocycles. The molecule has 1 aromatic rings. The van der Waals surface area contributed by atoms with Crippen molar-refractivity contribution < 1.29 is 9.59 Å². The molecule has 7 heteroatoms. The van der Waals surface area contributed by atoms with E-state index in [1.807, 2.05) is 24.4 Å². The van der Waals surface area contributed by atoms with Gasteiger partial charge in [-0.2, -0.15) is 0 Å². The molecule has 0 radical (unpaired) electrons. The molecule has 0 spiro atoms. The number of amides is 2. The van der Waals surface area contributed by atoms with E-state index in [1.165, 1.54) is 4.88 Å². The zero-order chi connectivity index (χ0) is 16.9. The second kappa shape index (κ2) is 8.09. The number of thiophene rings is 1. The number of nitrogens with one attached hydrogen (secondary N) is 2. The maximum atomic E-state index is 12.2. The molecule has 6 nitrogen and oxygen atoms in total. The van der Waals surface area contributed by atoms with Gasteiger partial charge in [-0.1, -0.05) is 6.07 Å². The third-order valence-corrected chi connectivity index (χ3v) is 5.54. The molecule has 1 aliphatic carbocycles. The summed E-state index contributed by atoms with van der Waals surface area (Å²) in [6.45, 7) is 6.26. The van der Waals surface area contributed by atoms with E-state index in [0.717, 1.165) is 39.0 Å². The van der Waals surface area contributed by atoms with Crippen LogP contribution in [0, 0.1) is 0 Å². The molecular formula is C17H26N4O2S. The second-order valence-corrected chi connectivity index (χ2v) is 7.68. The fourth-order valence-corrected chi connectivity index (χ4v) is 3.64. The molecule has 132 valence electrons.